The molecule has 2 heterocycles. The van der Waals surface area contributed by atoms with Crippen LogP contribution in [0.3, 0.4) is 0 Å². The van der Waals surface area contributed by atoms with Crippen LogP contribution in [-0.4, -0.2) is 11.5 Å². The fraction of sp³-hybridized carbons (Fsp3) is 0.533. The molecule has 0 radical (unpaired) electrons. The standard InChI is InChI=1S/C15H19BrN2S2/c1-4-17-9-7-15(2,3)8-10-13(9)20-14(18-10)11-5-6-12(16)19-11/h5-6,9,17H,4,7-8H2,1-3H3. The van der Waals surface area contributed by atoms with Crippen LogP contribution in [0, 0.1) is 5.41 Å². The molecular formula is C15H19BrN2S2. The zero-order chi connectivity index (χ0) is 14.3. The predicted molar refractivity (Wildman–Crippen MR) is 91.6 cm³/mol. The molecule has 3 rings (SSSR count). The second-order valence-corrected chi connectivity index (χ2v) is 9.58. The van der Waals surface area contributed by atoms with Gasteiger partial charge >= 0.3 is 0 Å². The van der Waals surface area contributed by atoms with Crippen molar-refractivity contribution in [3.05, 3.63) is 26.5 Å². The lowest BCUT2D eigenvalue weighted by Gasteiger charge is -2.34. The molecule has 1 atom stereocenters. The van der Waals surface area contributed by atoms with Crippen molar-refractivity contribution >= 4 is 38.6 Å². The second kappa shape index (κ2) is 5.52. The van der Waals surface area contributed by atoms with Crippen LogP contribution >= 0.6 is 38.6 Å². The molecule has 108 valence electrons. The first-order valence-electron chi connectivity index (χ1n) is 6.97. The molecule has 1 N–H and O–H groups in total. The Morgan fingerprint density at radius 1 is 1.40 bits per heavy atom. The Kier molecular flexibility index (Phi) is 4.06. The summed E-state index contributed by atoms with van der Waals surface area (Å²) >= 11 is 7.17. The van der Waals surface area contributed by atoms with Crippen molar-refractivity contribution < 1.29 is 0 Å². The van der Waals surface area contributed by atoms with Crippen molar-refractivity contribution in [2.45, 2.75) is 39.7 Å². The number of nitrogens with one attached hydrogen (secondary N) is 1. The van der Waals surface area contributed by atoms with Gasteiger partial charge in [0, 0.05) is 10.9 Å². The second-order valence-electron chi connectivity index (χ2n) is 6.09. The summed E-state index contributed by atoms with van der Waals surface area (Å²) in [7, 11) is 0. The number of fused-ring (bicyclic) bond motifs is 1. The van der Waals surface area contributed by atoms with Crippen LogP contribution in [-0.2, 0) is 6.42 Å². The molecule has 5 heteroatoms. The molecule has 1 aliphatic carbocycles. The highest BCUT2D eigenvalue weighted by molar-refractivity contribution is 9.11. The molecule has 0 saturated carbocycles. The number of thiophene rings is 1. The Morgan fingerprint density at radius 3 is 2.85 bits per heavy atom. The molecule has 2 aromatic heterocycles. The van der Waals surface area contributed by atoms with Crippen molar-refractivity contribution in [2.75, 3.05) is 6.54 Å². The van der Waals surface area contributed by atoms with E-state index >= 15 is 0 Å². The quantitative estimate of drug-likeness (QED) is 0.796. The van der Waals surface area contributed by atoms with E-state index in [1.807, 2.05) is 11.3 Å². The van der Waals surface area contributed by atoms with E-state index in [2.05, 4.69) is 54.2 Å². The van der Waals surface area contributed by atoms with Crippen LogP contribution in [0.4, 0.5) is 0 Å². The Labute approximate surface area is 136 Å². The molecular weight excluding hydrogens is 352 g/mol. The summed E-state index contributed by atoms with van der Waals surface area (Å²) in [5.74, 6) is 0. The lowest BCUT2D eigenvalue weighted by molar-refractivity contribution is 0.260. The predicted octanol–water partition coefficient (Wildman–Crippen LogP) is 5.26. The third kappa shape index (κ3) is 2.86. The first-order chi connectivity index (χ1) is 9.48. The molecule has 0 spiro atoms. The number of rotatable bonds is 3. The van der Waals surface area contributed by atoms with Gasteiger partial charge in [0.1, 0.15) is 5.01 Å². The fourth-order valence-electron chi connectivity index (χ4n) is 2.88. The summed E-state index contributed by atoms with van der Waals surface area (Å²) in [6.07, 6.45) is 2.29. The number of halogens is 1. The smallest absolute Gasteiger partial charge is 0.133 e. The van der Waals surface area contributed by atoms with E-state index in [0.29, 0.717) is 11.5 Å². The van der Waals surface area contributed by atoms with Gasteiger partial charge < -0.3 is 5.32 Å². The molecule has 2 aromatic rings. The molecule has 0 aliphatic heterocycles. The van der Waals surface area contributed by atoms with Gasteiger partial charge in [0.2, 0.25) is 0 Å². The largest absolute Gasteiger partial charge is 0.309 e. The van der Waals surface area contributed by atoms with Gasteiger partial charge in [0.25, 0.3) is 0 Å². The van der Waals surface area contributed by atoms with Crippen LogP contribution in [0.1, 0.15) is 43.8 Å². The fourth-order valence-corrected chi connectivity index (χ4v) is 5.48. The number of hydrogen-bond acceptors (Lipinski definition) is 4. The maximum absolute atomic E-state index is 4.93. The summed E-state index contributed by atoms with van der Waals surface area (Å²) in [6.45, 7) is 7.89. The van der Waals surface area contributed by atoms with Gasteiger partial charge in [0.05, 0.1) is 14.4 Å². The van der Waals surface area contributed by atoms with E-state index in [1.54, 1.807) is 11.3 Å². The molecule has 1 unspecified atom stereocenters. The van der Waals surface area contributed by atoms with E-state index in [1.165, 1.54) is 30.7 Å². The Hall–Kier alpha value is -0.230. The normalized spacial score (nSPS) is 20.9. The van der Waals surface area contributed by atoms with Gasteiger partial charge in [-0.25, -0.2) is 4.98 Å². The van der Waals surface area contributed by atoms with Crippen molar-refractivity contribution in [1.29, 1.82) is 0 Å². The van der Waals surface area contributed by atoms with Crippen LogP contribution in [0.25, 0.3) is 9.88 Å². The van der Waals surface area contributed by atoms with Crippen LogP contribution in [0.15, 0.2) is 15.9 Å². The van der Waals surface area contributed by atoms with Gasteiger partial charge in [0.15, 0.2) is 0 Å². The molecule has 0 bridgehead atoms. The number of aromatic nitrogens is 1. The van der Waals surface area contributed by atoms with Gasteiger partial charge in [-0.2, -0.15) is 0 Å². The first kappa shape index (κ1) is 14.7. The Balaban J connectivity index is 1.99. The highest BCUT2D eigenvalue weighted by atomic mass is 79.9. The minimum atomic E-state index is 0.335. The van der Waals surface area contributed by atoms with E-state index in [0.717, 1.165) is 13.0 Å². The zero-order valence-electron chi connectivity index (χ0n) is 12.0. The third-order valence-corrected chi connectivity index (χ3v) is 6.69. The minimum absolute atomic E-state index is 0.335. The van der Waals surface area contributed by atoms with Crippen LogP contribution < -0.4 is 5.32 Å². The summed E-state index contributed by atoms with van der Waals surface area (Å²) in [4.78, 5) is 7.65. The molecule has 2 nitrogen and oxygen atoms in total. The Morgan fingerprint density at radius 2 is 2.20 bits per heavy atom. The van der Waals surface area contributed by atoms with E-state index in [-0.39, 0.29) is 0 Å². The molecule has 1 aliphatic rings. The van der Waals surface area contributed by atoms with Crippen LogP contribution in [0.2, 0.25) is 0 Å². The first-order valence-corrected chi connectivity index (χ1v) is 9.40. The maximum Gasteiger partial charge on any atom is 0.133 e. The van der Waals surface area contributed by atoms with Crippen molar-refractivity contribution in [3.63, 3.8) is 0 Å². The van der Waals surface area contributed by atoms with Crippen molar-refractivity contribution in [3.8, 4) is 9.88 Å². The molecule has 0 fully saturated rings. The van der Waals surface area contributed by atoms with Gasteiger partial charge in [-0.05, 0) is 52.9 Å². The third-order valence-electron chi connectivity index (χ3n) is 3.68. The highest BCUT2D eigenvalue weighted by Gasteiger charge is 2.34. The topological polar surface area (TPSA) is 24.9 Å². The molecule has 0 aromatic carbocycles. The van der Waals surface area contributed by atoms with Crippen molar-refractivity contribution in [1.82, 2.24) is 10.3 Å². The van der Waals surface area contributed by atoms with Crippen LogP contribution in [0.5, 0.6) is 0 Å². The highest BCUT2D eigenvalue weighted by Crippen LogP contribution is 2.45. The van der Waals surface area contributed by atoms with Gasteiger partial charge in [-0.3, -0.25) is 0 Å². The number of nitrogens with zero attached hydrogens (tertiary/aromatic N) is 1. The van der Waals surface area contributed by atoms with Crippen molar-refractivity contribution in [2.24, 2.45) is 5.41 Å². The lowest BCUT2D eigenvalue weighted by atomic mass is 9.76. The van der Waals surface area contributed by atoms with Gasteiger partial charge in [-0.1, -0.05) is 20.8 Å². The zero-order valence-corrected chi connectivity index (χ0v) is 15.2. The number of hydrogen-bond donors (Lipinski definition) is 1. The summed E-state index contributed by atoms with van der Waals surface area (Å²) in [5.41, 5.74) is 1.64. The van der Waals surface area contributed by atoms with E-state index < -0.39 is 0 Å². The monoisotopic (exact) mass is 370 g/mol. The minimum Gasteiger partial charge on any atom is -0.309 e. The van der Waals surface area contributed by atoms with E-state index in [4.69, 9.17) is 4.98 Å². The summed E-state index contributed by atoms with van der Waals surface area (Å²) in [5, 5.41) is 4.80. The van der Waals surface area contributed by atoms with E-state index in [9.17, 15) is 0 Å². The molecule has 0 saturated heterocycles. The van der Waals surface area contributed by atoms with Gasteiger partial charge in [-0.15, -0.1) is 22.7 Å². The maximum atomic E-state index is 4.93. The average Bonchev–Trinajstić information content (AvgIpc) is 2.94. The average molecular weight is 371 g/mol. The molecule has 0 amide bonds. The summed E-state index contributed by atoms with van der Waals surface area (Å²) < 4.78 is 1.17. The number of thiazole rings is 1. The Bertz CT molecular complexity index is 615. The summed E-state index contributed by atoms with van der Waals surface area (Å²) in [6, 6.07) is 4.73. The lowest BCUT2D eigenvalue weighted by Crippen LogP contribution is -2.32. The molecule has 20 heavy (non-hydrogen) atoms. The SMILES string of the molecule is CCNC1CC(C)(C)Cc2nc(-c3ccc(Br)s3)sc21.